The number of aliphatic carboxylic acids is 1. The number of carboxylic acids is 1. The van der Waals surface area contributed by atoms with E-state index in [1.807, 2.05) is 18.4 Å². The Labute approximate surface area is 98.3 Å². The minimum absolute atomic E-state index is 0.291. The van der Waals surface area contributed by atoms with Crippen molar-refractivity contribution in [3.05, 3.63) is 21.9 Å². The van der Waals surface area contributed by atoms with E-state index >= 15 is 0 Å². The number of rotatable bonds is 5. The Kier molecular flexibility index (Phi) is 4.49. The molecule has 0 aliphatic heterocycles. The van der Waals surface area contributed by atoms with E-state index in [4.69, 9.17) is 5.11 Å². The first-order valence-electron chi connectivity index (χ1n) is 5.20. The summed E-state index contributed by atoms with van der Waals surface area (Å²) in [4.78, 5) is 23.2. The fourth-order valence-electron chi connectivity index (χ4n) is 1.38. The van der Waals surface area contributed by atoms with E-state index in [0.717, 1.165) is 12.0 Å². The average Bonchev–Trinajstić information content (AvgIpc) is 2.72. The summed E-state index contributed by atoms with van der Waals surface area (Å²) in [5.74, 6) is -1.29. The molecule has 88 valence electrons. The zero-order valence-corrected chi connectivity index (χ0v) is 10.1. The van der Waals surface area contributed by atoms with Gasteiger partial charge in [-0.05, 0) is 29.9 Å². The van der Waals surface area contributed by atoms with Gasteiger partial charge in [0.05, 0.1) is 4.88 Å². The van der Waals surface area contributed by atoms with Crippen molar-refractivity contribution in [2.45, 2.75) is 32.7 Å². The molecule has 0 saturated carbocycles. The average molecular weight is 241 g/mol. The molecule has 1 amide bonds. The van der Waals surface area contributed by atoms with Crippen LogP contribution < -0.4 is 5.32 Å². The van der Waals surface area contributed by atoms with E-state index < -0.39 is 12.0 Å². The van der Waals surface area contributed by atoms with Crippen LogP contribution in [0.15, 0.2) is 11.4 Å². The summed E-state index contributed by atoms with van der Waals surface area (Å²) in [6.45, 7) is 3.70. The van der Waals surface area contributed by atoms with Crippen LogP contribution in [0.3, 0.4) is 0 Å². The molecular weight excluding hydrogens is 226 g/mol. The van der Waals surface area contributed by atoms with E-state index in [2.05, 4.69) is 5.32 Å². The summed E-state index contributed by atoms with van der Waals surface area (Å²) < 4.78 is 0. The molecule has 4 nitrogen and oxygen atoms in total. The van der Waals surface area contributed by atoms with Crippen molar-refractivity contribution in [3.8, 4) is 0 Å². The molecule has 16 heavy (non-hydrogen) atoms. The maximum Gasteiger partial charge on any atom is 0.326 e. The summed E-state index contributed by atoms with van der Waals surface area (Å²) in [7, 11) is 0. The van der Waals surface area contributed by atoms with Crippen molar-refractivity contribution in [3.63, 3.8) is 0 Å². The van der Waals surface area contributed by atoms with Gasteiger partial charge in [-0.3, -0.25) is 4.79 Å². The van der Waals surface area contributed by atoms with E-state index in [1.54, 1.807) is 6.92 Å². The highest BCUT2D eigenvalue weighted by Crippen LogP contribution is 2.17. The van der Waals surface area contributed by atoms with Gasteiger partial charge in [-0.15, -0.1) is 11.3 Å². The Balaban J connectivity index is 2.75. The monoisotopic (exact) mass is 241 g/mol. The van der Waals surface area contributed by atoms with Crippen molar-refractivity contribution in [1.29, 1.82) is 0 Å². The molecule has 2 N–H and O–H groups in total. The molecule has 1 rings (SSSR count). The molecule has 0 aliphatic rings. The third-order valence-corrected chi connectivity index (χ3v) is 3.30. The number of aryl methyl sites for hydroxylation is 1. The van der Waals surface area contributed by atoms with E-state index in [9.17, 15) is 9.59 Å². The summed E-state index contributed by atoms with van der Waals surface area (Å²) in [5, 5.41) is 13.2. The number of carbonyl (C=O) groups excluding carboxylic acids is 1. The minimum Gasteiger partial charge on any atom is -0.480 e. The second kappa shape index (κ2) is 5.65. The number of thiophene rings is 1. The summed E-state index contributed by atoms with van der Waals surface area (Å²) >= 11 is 1.34. The lowest BCUT2D eigenvalue weighted by Crippen LogP contribution is -2.40. The van der Waals surface area contributed by atoms with Crippen molar-refractivity contribution in [2.75, 3.05) is 0 Å². The van der Waals surface area contributed by atoms with Gasteiger partial charge in [0.1, 0.15) is 6.04 Å². The van der Waals surface area contributed by atoms with Gasteiger partial charge in [0.2, 0.25) is 0 Å². The minimum atomic E-state index is -0.995. The first-order chi connectivity index (χ1) is 7.60. The molecule has 0 spiro atoms. The standard InChI is InChI=1S/C11H15NO3S/c1-3-7-5-6-16-9(7)10(13)12-8(4-2)11(14)15/h5-6,8H,3-4H2,1-2H3,(H,12,13)(H,14,15)/t8-/m0/s1. The zero-order valence-electron chi connectivity index (χ0n) is 9.32. The molecule has 0 aliphatic carbocycles. The number of hydrogen-bond acceptors (Lipinski definition) is 3. The second-order valence-electron chi connectivity index (χ2n) is 3.40. The summed E-state index contributed by atoms with van der Waals surface area (Å²) in [6, 6.07) is 1.08. The van der Waals surface area contributed by atoms with Crippen LogP contribution in [0.2, 0.25) is 0 Å². The first-order valence-corrected chi connectivity index (χ1v) is 6.08. The molecule has 0 saturated heterocycles. The maximum atomic E-state index is 11.8. The van der Waals surface area contributed by atoms with Crippen LogP contribution in [0.1, 0.15) is 35.5 Å². The van der Waals surface area contributed by atoms with Gasteiger partial charge in [-0.1, -0.05) is 13.8 Å². The molecule has 0 aromatic carbocycles. The highest BCUT2D eigenvalue weighted by Gasteiger charge is 2.20. The van der Waals surface area contributed by atoms with Gasteiger partial charge in [0.25, 0.3) is 5.91 Å². The Hall–Kier alpha value is -1.36. The molecule has 1 aromatic rings. The lowest BCUT2D eigenvalue weighted by molar-refractivity contribution is -0.139. The molecule has 0 radical (unpaired) electrons. The molecule has 0 bridgehead atoms. The summed E-state index contributed by atoms with van der Waals surface area (Å²) in [5.41, 5.74) is 0.961. The fraction of sp³-hybridized carbons (Fsp3) is 0.455. The van der Waals surface area contributed by atoms with E-state index in [1.165, 1.54) is 11.3 Å². The highest BCUT2D eigenvalue weighted by molar-refractivity contribution is 7.12. The topological polar surface area (TPSA) is 66.4 Å². The van der Waals surface area contributed by atoms with Crippen LogP contribution in [-0.2, 0) is 11.2 Å². The fourth-order valence-corrected chi connectivity index (χ4v) is 2.27. The molecule has 0 fully saturated rings. The zero-order chi connectivity index (χ0) is 12.1. The Morgan fingerprint density at radius 1 is 1.50 bits per heavy atom. The van der Waals surface area contributed by atoms with Crippen LogP contribution in [0.5, 0.6) is 0 Å². The van der Waals surface area contributed by atoms with Gasteiger partial charge in [-0.2, -0.15) is 0 Å². The molecule has 1 atom stereocenters. The smallest absolute Gasteiger partial charge is 0.326 e. The third-order valence-electron chi connectivity index (χ3n) is 2.35. The van der Waals surface area contributed by atoms with Crippen LogP contribution >= 0.6 is 11.3 Å². The van der Waals surface area contributed by atoms with Crippen LogP contribution in [-0.4, -0.2) is 23.0 Å². The number of carboxylic acid groups (broad SMARTS) is 1. The number of carbonyl (C=O) groups is 2. The Morgan fingerprint density at radius 2 is 2.19 bits per heavy atom. The molecule has 0 unspecified atom stereocenters. The molecule has 1 aromatic heterocycles. The normalized spacial score (nSPS) is 12.1. The molecular formula is C11H15NO3S. The lowest BCUT2D eigenvalue weighted by atomic mass is 10.2. The first kappa shape index (κ1) is 12.7. The Morgan fingerprint density at radius 3 is 2.69 bits per heavy atom. The number of amides is 1. The predicted molar refractivity (Wildman–Crippen MR) is 62.9 cm³/mol. The molecule has 1 heterocycles. The number of hydrogen-bond donors (Lipinski definition) is 2. The highest BCUT2D eigenvalue weighted by atomic mass is 32.1. The van der Waals surface area contributed by atoms with Crippen LogP contribution in [0, 0.1) is 0 Å². The Bertz CT molecular complexity index is 386. The van der Waals surface area contributed by atoms with Crippen molar-refractivity contribution in [1.82, 2.24) is 5.32 Å². The van der Waals surface area contributed by atoms with E-state index in [-0.39, 0.29) is 5.91 Å². The number of nitrogens with one attached hydrogen (secondary N) is 1. The van der Waals surface area contributed by atoms with Crippen LogP contribution in [0.4, 0.5) is 0 Å². The summed E-state index contributed by atoms with van der Waals surface area (Å²) in [6.07, 6.45) is 1.16. The maximum absolute atomic E-state index is 11.8. The van der Waals surface area contributed by atoms with Gasteiger partial charge in [0.15, 0.2) is 0 Å². The predicted octanol–water partition coefficient (Wildman–Crippen LogP) is 1.90. The molecule has 5 heteroatoms. The SMILES string of the molecule is CCc1ccsc1C(=O)N[C@@H](CC)C(=O)O. The van der Waals surface area contributed by atoms with Gasteiger partial charge >= 0.3 is 5.97 Å². The largest absolute Gasteiger partial charge is 0.480 e. The van der Waals surface area contributed by atoms with Crippen molar-refractivity contribution in [2.24, 2.45) is 0 Å². The third kappa shape index (κ3) is 2.82. The van der Waals surface area contributed by atoms with Gasteiger partial charge in [0, 0.05) is 0 Å². The van der Waals surface area contributed by atoms with Gasteiger partial charge < -0.3 is 10.4 Å². The quantitative estimate of drug-likeness (QED) is 0.827. The second-order valence-corrected chi connectivity index (χ2v) is 4.32. The van der Waals surface area contributed by atoms with E-state index in [0.29, 0.717) is 11.3 Å². The van der Waals surface area contributed by atoms with Crippen LogP contribution in [0.25, 0.3) is 0 Å². The van der Waals surface area contributed by atoms with Gasteiger partial charge in [-0.25, -0.2) is 4.79 Å². The van der Waals surface area contributed by atoms with Crippen molar-refractivity contribution >= 4 is 23.2 Å². The van der Waals surface area contributed by atoms with Crippen molar-refractivity contribution < 1.29 is 14.7 Å². The lowest BCUT2D eigenvalue weighted by Gasteiger charge is -2.11.